The van der Waals surface area contributed by atoms with Gasteiger partial charge in [-0.2, -0.15) is 12.6 Å². The Morgan fingerprint density at radius 3 is 2.30 bits per heavy atom. The molecule has 7 N–H and O–H groups in total. The fraction of sp³-hybridized carbons (Fsp3) is 0.722. The SMILES string of the molecule is CC(C)C(N)C(=O)NC(CS)C(=O)N1CCCC1C(=O)NC(CCC(N)=O)C(=O)O. The lowest BCUT2D eigenvalue weighted by molar-refractivity contribution is -0.145. The fourth-order valence-corrected chi connectivity index (χ4v) is 3.32. The summed E-state index contributed by atoms with van der Waals surface area (Å²) in [7, 11) is 0. The van der Waals surface area contributed by atoms with Gasteiger partial charge in [0.05, 0.1) is 6.04 Å². The number of carboxylic acids is 1. The number of carbonyl (C=O) groups is 5. The molecule has 0 radical (unpaired) electrons. The topological polar surface area (TPSA) is 185 Å². The summed E-state index contributed by atoms with van der Waals surface area (Å²) in [4.78, 5) is 61.3. The maximum Gasteiger partial charge on any atom is 0.326 e. The van der Waals surface area contributed by atoms with Crippen molar-refractivity contribution < 1.29 is 29.1 Å². The van der Waals surface area contributed by atoms with Crippen molar-refractivity contribution >= 4 is 42.2 Å². The third kappa shape index (κ3) is 7.17. The van der Waals surface area contributed by atoms with Crippen LogP contribution < -0.4 is 22.1 Å². The van der Waals surface area contributed by atoms with Crippen molar-refractivity contribution in [3.05, 3.63) is 0 Å². The third-order valence-corrected chi connectivity index (χ3v) is 5.32. The van der Waals surface area contributed by atoms with Crippen LogP contribution in [-0.2, 0) is 24.0 Å². The van der Waals surface area contributed by atoms with Crippen LogP contribution >= 0.6 is 12.6 Å². The summed E-state index contributed by atoms with van der Waals surface area (Å²) in [6.07, 6.45) is 0.536. The van der Waals surface area contributed by atoms with E-state index >= 15 is 0 Å². The molecule has 4 unspecified atom stereocenters. The maximum absolute atomic E-state index is 12.9. The summed E-state index contributed by atoms with van der Waals surface area (Å²) in [5.74, 6) is -3.72. The predicted molar refractivity (Wildman–Crippen MR) is 111 cm³/mol. The molecule has 12 heteroatoms. The first-order chi connectivity index (χ1) is 14.0. The monoisotopic (exact) mass is 445 g/mol. The molecule has 1 fully saturated rings. The molecule has 0 spiro atoms. The van der Waals surface area contributed by atoms with Crippen LogP contribution in [0.5, 0.6) is 0 Å². The van der Waals surface area contributed by atoms with E-state index in [1.165, 1.54) is 4.90 Å². The zero-order valence-electron chi connectivity index (χ0n) is 17.2. The molecule has 11 nitrogen and oxygen atoms in total. The second-order valence-corrected chi connectivity index (χ2v) is 7.97. The maximum atomic E-state index is 12.9. The summed E-state index contributed by atoms with van der Waals surface area (Å²) in [5, 5.41) is 14.2. The molecule has 1 aliphatic heterocycles. The van der Waals surface area contributed by atoms with Crippen molar-refractivity contribution in [2.75, 3.05) is 12.3 Å². The minimum absolute atomic E-state index is 0.0105. The number of hydrogen-bond acceptors (Lipinski definition) is 7. The van der Waals surface area contributed by atoms with Gasteiger partial charge in [0.2, 0.25) is 23.6 Å². The number of carbonyl (C=O) groups excluding carboxylic acids is 4. The van der Waals surface area contributed by atoms with E-state index in [9.17, 15) is 29.1 Å². The van der Waals surface area contributed by atoms with Crippen LogP contribution in [0.1, 0.15) is 39.5 Å². The van der Waals surface area contributed by atoms with E-state index in [-0.39, 0.29) is 31.1 Å². The van der Waals surface area contributed by atoms with E-state index in [4.69, 9.17) is 11.5 Å². The average molecular weight is 446 g/mol. The number of hydrogen-bond donors (Lipinski definition) is 6. The Morgan fingerprint density at radius 1 is 1.17 bits per heavy atom. The molecule has 0 aliphatic carbocycles. The zero-order valence-corrected chi connectivity index (χ0v) is 18.1. The Bertz CT molecular complexity index is 673. The lowest BCUT2D eigenvalue weighted by Crippen LogP contribution is -2.57. The van der Waals surface area contributed by atoms with Gasteiger partial charge < -0.3 is 32.1 Å². The first-order valence-corrected chi connectivity index (χ1v) is 10.4. The standard InChI is InChI=1S/C18H31N5O6S/c1-9(2)14(20)16(26)22-11(8-30)17(27)23-7-3-4-12(23)15(25)21-10(18(28)29)5-6-13(19)24/h9-12,14,30H,3-8,20H2,1-2H3,(H2,19,24)(H,21,25)(H,22,26)(H,28,29). The van der Waals surface area contributed by atoms with Crippen LogP contribution in [0, 0.1) is 5.92 Å². The van der Waals surface area contributed by atoms with Crippen LogP contribution in [0.25, 0.3) is 0 Å². The lowest BCUT2D eigenvalue weighted by Gasteiger charge is -2.29. The minimum atomic E-state index is -1.30. The van der Waals surface area contributed by atoms with Gasteiger partial charge in [0.15, 0.2) is 0 Å². The Balaban J connectivity index is 2.83. The molecule has 1 aliphatic rings. The fourth-order valence-electron chi connectivity index (χ4n) is 3.07. The quantitative estimate of drug-likeness (QED) is 0.203. The van der Waals surface area contributed by atoms with Crippen molar-refractivity contribution in [1.29, 1.82) is 0 Å². The number of likely N-dealkylation sites (tertiary alicyclic amines) is 1. The van der Waals surface area contributed by atoms with Crippen LogP contribution in [0.3, 0.4) is 0 Å². The summed E-state index contributed by atoms with van der Waals surface area (Å²) in [6, 6.07) is -3.94. The molecule has 1 saturated heterocycles. The normalized spacial score (nSPS) is 19.1. The van der Waals surface area contributed by atoms with E-state index in [1.807, 2.05) is 0 Å². The van der Waals surface area contributed by atoms with Crippen molar-refractivity contribution in [1.82, 2.24) is 15.5 Å². The van der Waals surface area contributed by atoms with Crippen LogP contribution in [0.4, 0.5) is 0 Å². The molecule has 4 amide bonds. The molecule has 0 bridgehead atoms. The predicted octanol–water partition coefficient (Wildman–Crippen LogP) is -1.79. The van der Waals surface area contributed by atoms with E-state index in [2.05, 4.69) is 23.3 Å². The second kappa shape index (κ2) is 11.7. The first-order valence-electron chi connectivity index (χ1n) is 9.78. The highest BCUT2D eigenvalue weighted by Crippen LogP contribution is 2.19. The van der Waals surface area contributed by atoms with Gasteiger partial charge in [0, 0.05) is 18.7 Å². The Kier molecular flexibility index (Phi) is 10.1. The molecule has 1 rings (SSSR count). The highest BCUT2D eigenvalue weighted by Gasteiger charge is 2.38. The van der Waals surface area contributed by atoms with Crippen molar-refractivity contribution in [3.63, 3.8) is 0 Å². The smallest absolute Gasteiger partial charge is 0.326 e. The Morgan fingerprint density at radius 2 is 1.80 bits per heavy atom. The average Bonchev–Trinajstić information content (AvgIpc) is 3.17. The number of aliphatic carboxylic acids is 1. The summed E-state index contributed by atoms with van der Waals surface area (Å²) >= 11 is 4.13. The lowest BCUT2D eigenvalue weighted by atomic mass is 10.0. The first kappa shape index (κ1) is 25.7. The summed E-state index contributed by atoms with van der Waals surface area (Å²) in [5.41, 5.74) is 10.8. The van der Waals surface area contributed by atoms with Crippen LogP contribution in [0.2, 0.25) is 0 Å². The highest BCUT2D eigenvalue weighted by molar-refractivity contribution is 7.80. The molecule has 30 heavy (non-hydrogen) atoms. The number of primary amides is 1. The number of nitrogens with one attached hydrogen (secondary N) is 2. The number of amides is 4. The third-order valence-electron chi connectivity index (χ3n) is 4.95. The summed E-state index contributed by atoms with van der Waals surface area (Å²) in [6.45, 7) is 3.84. The van der Waals surface area contributed by atoms with Crippen molar-refractivity contribution in [2.45, 2.75) is 63.7 Å². The van der Waals surface area contributed by atoms with Crippen molar-refractivity contribution in [2.24, 2.45) is 17.4 Å². The number of rotatable bonds is 11. The van der Waals surface area contributed by atoms with Gasteiger partial charge in [-0.1, -0.05) is 13.8 Å². The van der Waals surface area contributed by atoms with Gasteiger partial charge in [-0.3, -0.25) is 19.2 Å². The largest absolute Gasteiger partial charge is 0.480 e. The highest BCUT2D eigenvalue weighted by atomic mass is 32.1. The minimum Gasteiger partial charge on any atom is -0.480 e. The molecule has 0 aromatic heterocycles. The molecule has 170 valence electrons. The van der Waals surface area contributed by atoms with E-state index < -0.39 is 53.8 Å². The number of thiol groups is 1. The summed E-state index contributed by atoms with van der Waals surface area (Å²) < 4.78 is 0. The van der Waals surface area contributed by atoms with Crippen LogP contribution in [0.15, 0.2) is 0 Å². The van der Waals surface area contributed by atoms with E-state index in [0.29, 0.717) is 12.8 Å². The molecule has 0 saturated carbocycles. The molecular weight excluding hydrogens is 414 g/mol. The van der Waals surface area contributed by atoms with Gasteiger partial charge in [-0.15, -0.1) is 0 Å². The number of nitrogens with two attached hydrogens (primary N) is 2. The van der Waals surface area contributed by atoms with E-state index in [0.717, 1.165) is 0 Å². The molecule has 0 aromatic carbocycles. The van der Waals surface area contributed by atoms with Gasteiger partial charge >= 0.3 is 5.97 Å². The van der Waals surface area contributed by atoms with Crippen LogP contribution in [-0.4, -0.2) is 76.1 Å². The van der Waals surface area contributed by atoms with E-state index in [1.54, 1.807) is 13.8 Å². The molecule has 4 atom stereocenters. The van der Waals surface area contributed by atoms with Gasteiger partial charge in [0.25, 0.3) is 0 Å². The van der Waals surface area contributed by atoms with Gasteiger partial charge in [-0.05, 0) is 25.2 Å². The Hall–Kier alpha value is -2.34. The molecular formula is C18H31N5O6S. The van der Waals surface area contributed by atoms with Crippen molar-refractivity contribution in [3.8, 4) is 0 Å². The number of carboxylic acid groups (broad SMARTS) is 1. The Labute approximate surface area is 180 Å². The second-order valence-electron chi connectivity index (χ2n) is 7.61. The number of nitrogens with zero attached hydrogens (tertiary/aromatic N) is 1. The van der Waals surface area contributed by atoms with Gasteiger partial charge in [-0.25, -0.2) is 4.79 Å². The molecule has 1 heterocycles. The zero-order chi connectivity index (χ0) is 23.0. The molecule has 0 aromatic rings. The van der Waals surface area contributed by atoms with Gasteiger partial charge in [0.1, 0.15) is 18.1 Å².